The first-order valence-electron chi connectivity index (χ1n) is 7.68. The molecule has 3 heterocycles. The monoisotopic (exact) mass is 352 g/mol. The number of hydrogen-bond donors (Lipinski definition) is 2. The lowest BCUT2D eigenvalue weighted by Crippen LogP contribution is -2.22. The van der Waals surface area contributed by atoms with Crippen molar-refractivity contribution in [3.05, 3.63) is 58.3 Å². The fourth-order valence-corrected chi connectivity index (χ4v) is 3.54. The molecule has 0 saturated carbocycles. The Morgan fingerprint density at radius 3 is 2.76 bits per heavy atom. The van der Waals surface area contributed by atoms with Crippen LogP contribution in [0.15, 0.2) is 42.0 Å². The quantitative estimate of drug-likeness (QED) is 0.587. The highest BCUT2D eigenvalue weighted by molar-refractivity contribution is 7.09. The lowest BCUT2D eigenvalue weighted by molar-refractivity contribution is 0.102. The van der Waals surface area contributed by atoms with Crippen LogP contribution in [0.5, 0.6) is 0 Å². The van der Waals surface area contributed by atoms with Crippen molar-refractivity contribution < 1.29 is 5.11 Å². The fraction of sp³-hybridized carbons (Fsp3) is 0.176. The summed E-state index contributed by atoms with van der Waals surface area (Å²) in [6, 6.07) is 7.51. The van der Waals surface area contributed by atoms with Crippen molar-refractivity contribution in [2.24, 2.45) is 0 Å². The van der Waals surface area contributed by atoms with Gasteiger partial charge in [0.2, 0.25) is 5.95 Å². The predicted octanol–water partition coefficient (Wildman–Crippen LogP) is 2.42. The molecule has 1 atom stereocenters. The van der Waals surface area contributed by atoms with Crippen molar-refractivity contribution in [2.45, 2.75) is 19.4 Å². The number of hydrogen-bond acceptors (Lipinski definition) is 7. The standard InChI is InChI=1S/C17H16N6OS/c1-10-12-4-3-11(17(2,24)15-19-7-8-25-15)9-13(12)23(22-10)14-5-6-20-16(18)21-14/h3-9,24H,1-2H3,(H2,18,20,21)/t17-/m1/s1. The normalized spacial score (nSPS) is 13.9. The zero-order valence-corrected chi connectivity index (χ0v) is 14.5. The number of aryl methyl sites for hydroxylation is 1. The smallest absolute Gasteiger partial charge is 0.221 e. The Morgan fingerprint density at radius 1 is 1.20 bits per heavy atom. The highest BCUT2D eigenvalue weighted by Gasteiger charge is 2.29. The van der Waals surface area contributed by atoms with Crippen molar-refractivity contribution in [1.29, 1.82) is 0 Å². The van der Waals surface area contributed by atoms with Gasteiger partial charge in [-0.3, -0.25) is 0 Å². The van der Waals surface area contributed by atoms with Crippen molar-refractivity contribution in [1.82, 2.24) is 24.7 Å². The number of anilines is 1. The Kier molecular flexibility index (Phi) is 3.52. The predicted molar refractivity (Wildman–Crippen MR) is 96.6 cm³/mol. The van der Waals surface area contributed by atoms with E-state index in [9.17, 15) is 5.11 Å². The van der Waals surface area contributed by atoms with Crippen LogP contribution in [0.3, 0.4) is 0 Å². The topological polar surface area (TPSA) is 103 Å². The minimum Gasteiger partial charge on any atom is -0.378 e. The lowest BCUT2D eigenvalue weighted by Gasteiger charge is -2.21. The lowest BCUT2D eigenvalue weighted by atomic mass is 9.95. The molecule has 4 rings (SSSR count). The summed E-state index contributed by atoms with van der Waals surface area (Å²) in [6.07, 6.45) is 3.28. The van der Waals surface area contributed by atoms with E-state index in [0.717, 1.165) is 22.2 Å². The van der Waals surface area contributed by atoms with Crippen LogP contribution >= 0.6 is 11.3 Å². The van der Waals surface area contributed by atoms with Gasteiger partial charge in [-0.15, -0.1) is 11.3 Å². The first-order valence-corrected chi connectivity index (χ1v) is 8.56. The number of thiazole rings is 1. The van der Waals surface area contributed by atoms with E-state index in [1.54, 1.807) is 30.1 Å². The molecule has 3 N–H and O–H groups in total. The van der Waals surface area contributed by atoms with Crippen LogP contribution in [-0.4, -0.2) is 29.8 Å². The molecule has 0 saturated heterocycles. The maximum absolute atomic E-state index is 11.0. The molecule has 0 aliphatic heterocycles. The van der Waals surface area contributed by atoms with Gasteiger partial charge in [-0.05, 0) is 25.5 Å². The first-order chi connectivity index (χ1) is 12.0. The Labute approximate surface area is 147 Å². The van der Waals surface area contributed by atoms with Crippen molar-refractivity contribution in [3.63, 3.8) is 0 Å². The van der Waals surface area contributed by atoms with Gasteiger partial charge in [0.15, 0.2) is 5.82 Å². The molecule has 1 aromatic carbocycles. The van der Waals surface area contributed by atoms with Crippen LogP contribution in [0.1, 0.15) is 23.2 Å². The maximum Gasteiger partial charge on any atom is 0.221 e. The molecule has 3 aromatic heterocycles. The van der Waals surface area contributed by atoms with Crippen LogP contribution in [0.2, 0.25) is 0 Å². The zero-order chi connectivity index (χ0) is 17.6. The van der Waals surface area contributed by atoms with Crippen molar-refractivity contribution >= 4 is 28.2 Å². The number of fused-ring (bicyclic) bond motifs is 1. The summed E-state index contributed by atoms with van der Waals surface area (Å²) in [5, 5.41) is 19.0. The summed E-state index contributed by atoms with van der Waals surface area (Å²) in [7, 11) is 0. The molecule has 0 radical (unpaired) electrons. The third-order valence-electron chi connectivity index (χ3n) is 4.15. The fourth-order valence-electron chi connectivity index (χ4n) is 2.82. The van der Waals surface area contributed by atoms with Gasteiger partial charge in [0.25, 0.3) is 0 Å². The maximum atomic E-state index is 11.0. The van der Waals surface area contributed by atoms with E-state index >= 15 is 0 Å². The number of nitrogen functional groups attached to an aromatic ring is 1. The van der Waals surface area contributed by atoms with Gasteiger partial charge in [0, 0.05) is 29.2 Å². The number of aromatic nitrogens is 5. The van der Waals surface area contributed by atoms with Crippen LogP contribution in [0, 0.1) is 6.92 Å². The minimum absolute atomic E-state index is 0.185. The molecular weight excluding hydrogens is 336 g/mol. The second kappa shape index (κ2) is 5.61. The van der Waals surface area contributed by atoms with E-state index < -0.39 is 5.60 Å². The van der Waals surface area contributed by atoms with E-state index in [4.69, 9.17) is 5.73 Å². The van der Waals surface area contributed by atoms with E-state index in [2.05, 4.69) is 20.1 Å². The van der Waals surface area contributed by atoms with E-state index in [-0.39, 0.29) is 5.95 Å². The molecule has 0 unspecified atom stereocenters. The summed E-state index contributed by atoms with van der Waals surface area (Å²) >= 11 is 1.42. The first kappa shape index (κ1) is 15.7. The second-order valence-electron chi connectivity index (χ2n) is 5.91. The molecule has 0 amide bonds. The summed E-state index contributed by atoms with van der Waals surface area (Å²) in [5.41, 5.74) is 6.96. The molecule has 0 spiro atoms. The summed E-state index contributed by atoms with van der Waals surface area (Å²) in [4.78, 5) is 12.4. The Bertz CT molecular complexity index is 1050. The molecule has 25 heavy (non-hydrogen) atoms. The summed E-state index contributed by atoms with van der Waals surface area (Å²) in [6.45, 7) is 3.67. The molecule has 4 aromatic rings. The Balaban J connectivity index is 1.92. The van der Waals surface area contributed by atoms with Crippen LogP contribution in [0.25, 0.3) is 16.7 Å². The van der Waals surface area contributed by atoms with E-state index in [1.807, 2.05) is 30.5 Å². The molecule has 126 valence electrons. The minimum atomic E-state index is -1.18. The number of rotatable bonds is 3. The van der Waals surface area contributed by atoms with Gasteiger partial charge in [0.1, 0.15) is 10.6 Å². The van der Waals surface area contributed by atoms with Crippen LogP contribution in [0.4, 0.5) is 5.95 Å². The van der Waals surface area contributed by atoms with Gasteiger partial charge in [-0.25, -0.2) is 14.6 Å². The number of benzene rings is 1. The molecule has 7 nitrogen and oxygen atoms in total. The summed E-state index contributed by atoms with van der Waals surface area (Å²) < 4.78 is 1.71. The molecular formula is C17H16N6OS. The average molecular weight is 352 g/mol. The SMILES string of the molecule is Cc1nn(-c2ccnc(N)n2)c2cc([C@@](C)(O)c3nccs3)ccc12. The van der Waals surface area contributed by atoms with Gasteiger partial charge < -0.3 is 10.8 Å². The van der Waals surface area contributed by atoms with Gasteiger partial charge >= 0.3 is 0 Å². The zero-order valence-electron chi connectivity index (χ0n) is 13.7. The van der Waals surface area contributed by atoms with Gasteiger partial charge in [-0.1, -0.05) is 12.1 Å². The van der Waals surface area contributed by atoms with Crippen LogP contribution in [-0.2, 0) is 5.60 Å². The number of nitrogens with two attached hydrogens (primary N) is 1. The Morgan fingerprint density at radius 2 is 2.04 bits per heavy atom. The average Bonchev–Trinajstić information content (AvgIpc) is 3.23. The molecule has 8 heteroatoms. The third-order valence-corrected chi connectivity index (χ3v) is 5.14. The van der Waals surface area contributed by atoms with E-state index in [0.29, 0.717) is 10.8 Å². The summed E-state index contributed by atoms with van der Waals surface area (Å²) in [5.74, 6) is 0.765. The molecule has 0 aliphatic rings. The highest BCUT2D eigenvalue weighted by atomic mass is 32.1. The Hall–Kier alpha value is -2.84. The third kappa shape index (κ3) is 2.55. The van der Waals surface area contributed by atoms with Crippen molar-refractivity contribution in [3.8, 4) is 5.82 Å². The highest BCUT2D eigenvalue weighted by Crippen LogP contribution is 2.33. The number of aliphatic hydroxyl groups is 1. The van der Waals surface area contributed by atoms with Gasteiger partial charge in [0.05, 0.1) is 11.2 Å². The molecule has 0 aliphatic carbocycles. The second-order valence-corrected chi connectivity index (χ2v) is 6.81. The molecule has 0 bridgehead atoms. The van der Waals surface area contributed by atoms with Crippen molar-refractivity contribution in [2.75, 3.05) is 5.73 Å². The van der Waals surface area contributed by atoms with Crippen LogP contribution < -0.4 is 5.73 Å². The molecule has 0 fully saturated rings. The largest absolute Gasteiger partial charge is 0.378 e. The number of nitrogens with zero attached hydrogens (tertiary/aromatic N) is 5. The van der Waals surface area contributed by atoms with E-state index in [1.165, 1.54) is 11.3 Å². The van der Waals surface area contributed by atoms with Gasteiger partial charge in [-0.2, -0.15) is 10.1 Å².